The zero-order valence-electron chi connectivity index (χ0n) is 13.0. The van der Waals surface area contributed by atoms with E-state index in [9.17, 15) is 8.42 Å². The van der Waals surface area contributed by atoms with Gasteiger partial charge in [-0.25, -0.2) is 8.42 Å². The van der Waals surface area contributed by atoms with Crippen LogP contribution in [0.2, 0.25) is 0 Å². The van der Waals surface area contributed by atoms with Gasteiger partial charge in [0.2, 0.25) is 10.0 Å². The summed E-state index contributed by atoms with van der Waals surface area (Å²) in [4.78, 5) is 0.388. The van der Waals surface area contributed by atoms with Crippen LogP contribution < -0.4 is 5.32 Å². The molecular weight excluding hydrogens is 388 g/mol. The summed E-state index contributed by atoms with van der Waals surface area (Å²) < 4.78 is 27.8. The Labute approximate surface area is 148 Å². The van der Waals surface area contributed by atoms with E-state index < -0.39 is 10.0 Å². The average molecular weight is 412 g/mol. The highest BCUT2D eigenvalue weighted by Gasteiger charge is 2.29. The highest BCUT2D eigenvalue weighted by atomic mass is 79.9. The fraction of sp³-hybridized carbons (Fsp3) is 0.600. The molecule has 1 aliphatic heterocycles. The molecule has 1 saturated heterocycles. The minimum atomic E-state index is -3.37. The monoisotopic (exact) mass is 410 g/mol. The van der Waals surface area contributed by atoms with E-state index in [0.717, 1.165) is 36.0 Å². The summed E-state index contributed by atoms with van der Waals surface area (Å²) in [5.74, 6) is 0.584. The molecule has 1 aromatic rings. The van der Waals surface area contributed by atoms with Crippen molar-refractivity contribution in [1.82, 2.24) is 9.62 Å². The number of nitrogens with zero attached hydrogens (tertiary/aromatic N) is 1. The number of piperidine rings is 1. The fourth-order valence-electron chi connectivity index (χ4n) is 2.70. The van der Waals surface area contributed by atoms with Gasteiger partial charge in [0.25, 0.3) is 0 Å². The van der Waals surface area contributed by atoms with Gasteiger partial charge in [-0.1, -0.05) is 22.9 Å². The highest BCUT2D eigenvalue weighted by molar-refractivity contribution is 9.10. The number of halogens is 2. The lowest BCUT2D eigenvalue weighted by Gasteiger charge is -2.31. The fourth-order valence-corrected chi connectivity index (χ4v) is 5.06. The van der Waals surface area contributed by atoms with Crippen LogP contribution in [0.3, 0.4) is 0 Å². The number of benzene rings is 1. The largest absolute Gasteiger partial charge is 0.317 e. The molecule has 0 spiro atoms. The van der Waals surface area contributed by atoms with Gasteiger partial charge >= 0.3 is 0 Å². The van der Waals surface area contributed by atoms with E-state index in [4.69, 9.17) is 0 Å². The van der Waals surface area contributed by atoms with Crippen molar-refractivity contribution in [3.05, 3.63) is 28.2 Å². The van der Waals surface area contributed by atoms with Crippen molar-refractivity contribution in [3.8, 4) is 0 Å². The number of nitrogens with one attached hydrogen (secondary N) is 1. The van der Waals surface area contributed by atoms with Gasteiger partial charge in [-0.15, -0.1) is 12.4 Å². The Morgan fingerprint density at radius 3 is 2.45 bits per heavy atom. The van der Waals surface area contributed by atoms with E-state index in [-0.39, 0.29) is 12.4 Å². The molecule has 4 nitrogen and oxygen atoms in total. The molecule has 22 heavy (non-hydrogen) atoms. The van der Waals surface area contributed by atoms with Crippen LogP contribution in [0.15, 0.2) is 27.6 Å². The summed E-state index contributed by atoms with van der Waals surface area (Å²) in [6.07, 6.45) is 1.86. The maximum absolute atomic E-state index is 12.7. The van der Waals surface area contributed by atoms with Crippen LogP contribution in [0.1, 0.15) is 25.3 Å². The topological polar surface area (TPSA) is 49.4 Å². The first-order valence-corrected chi connectivity index (χ1v) is 9.65. The van der Waals surface area contributed by atoms with Gasteiger partial charge < -0.3 is 5.32 Å². The third-order valence-corrected chi connectivity index (χ3v) is 6.24. The molecule has 0 saturated carbocycles. The first-order valence-electron chi connectivity index (χ1n) is 7.41. The quantitative estimate of drug-likeness (QED) is 0.809. The molecule has 0 aliphatic carbocycles. The molecule has 0 radical (unpaired) electrons. The van der Waals surface area contributed by atoms with Crippen LogP contribution in [0, 0.1) is 12.8 Å². The highest BCUT2D eigenvalue weighted by Crippen LogP contribution is 2.26. The molecule has 1 heterocycles. The average Bonchev–Trinajstić information content (AvgIpc) is 2.44. The van der Waals surface area contributed by atoms with Gasteiger partial charge in [0.15, 0.2) is 0 Å². The third-order valence-electron chi connectivity index (χ3n) is 3.91. The molecule has 0 unspecified atom stereocenters. The lowest BCUT2D eigenvalue weighted by molar-refractivity contribution is 0.268. The summed E-state index contributed by atoms with van der Waals surface area (Å²) >= 11 is 3.38. The molecule has 7 heteroatoms. The Bertz CT molecular complexity index is 567. The first kappa shape index (κ1) is 19.9. The van der Waals surface area contributed by atoms with Crippen LogP contribution in [0.4, 0.5) is 0 Å². The molecule has 126 valence electrons. The predicted molar refractivity (Wildman–Crippen MR) is 96.2 cm³/mol. The van der Waals surface area contributed by atoms with Crippen molar-refractivity contribution >= 4 is 38.4 Å². The van der Waals surface area contributed by atoms with Crippen molar-refractivity contribution < 1.29 is 8.42 Å². The summed E-state index contributed by atoms with van der Waals surface area (Å²) in [6.45, 7) is 7.19. The van der Waals surface area contributed by atoms with Crippen LogP contribution in [0.5, 0.6) is 0 Å². The standard InChI is InChI=1S/C15H23BrN2O2S.ClH/c1-3-17-11-13-4-6-18(7-5-13)21(19,20)15-9-12(2)8-14(16)10-15;/h8-10,13,17H,3-7,11H2,1-2H3;1H. The first-order chi connectivity index (χ1) is 9.93. The second-order valence-corrected chi connectivity index (χ2v) is 8.47. The van der Waals surface area contributed by atoms with Gasteiger partial charge in [0, 0.05) is 17.6 Å². The number of hydrogen-bond donors (Lipinski definition) is 1. The molecule has 0 atom stereocenters. The smallest absolute Gasteiger partial charge is 0.243 e. The van der Waals surface area contributed by atoms with Gasteiger partial charge in [0.05, 0.1) is 4.90 Å². The number of rotatable bonds is 5. The Balaban J connectivity index is 0.00000242. The molecule has 1 N–H and O–H groups in total. The molecule has 1 aromatic carbocycles. The summed E-state index contributed by atoms with van der Waals surface area (Å²) in [7, 11) is -3.37. The van der Waals surface area contributed by atoms with Crippen LogP contribution in [-0.2, 0) is 10.0 Å². The molecular formula is C15H24BrClN2O2S. The van der Waals surface area contributed by atoms with Gasteiger partial charge in [-0.05, 0) is 62.5 Å². The summed E-state index contributed by atoms with van der Waals surface area (Å²) in [6, 6.07) is 5.35. The summed E-state index contributed by atoms with van der Waals surface area (Å²) in [5.41, 5.74) is 0.949. The molecule has 2 rings (SSSR count). The summed E-state index contributed by atoms with van der Waals surface area (Å²) in [5, 5.41) is 3.34. The van der Waals surface area contributed by atoms with Crippen molar-refractivity contribution in [1.29, 1.82) is 0 Å². The van der Waals surface area contributed by atoms with Crippen molar-refractivity contribution in [2.24, 2.45) is 5.92 Å². The number of sulfonamides is 1. The number of aryl methyl sites for hydroxylation is 1. The van der Waals surface area contributed by atoms with Crippen LogP contribution >= 0.6 is 28.3 Å². The van der Waals surface area contributed by atoms with E-state index >= 15 is 0 Å². The lowest BCUT2D eigenvalue weighted by Crippen LogP contribution is -2.40. The van der Waals surface area contributed by atoms with E-state index in [2.05, 4.69) is 28.2 Å². The second-order valence-electron chi connectivity index (χ2n) is 5.62. The van der Waals surface area contributed by atoms with Gasteiger partial charge in [-0.3, -0.25) is 0 Å². The molecule has 1 aliphatic rings. The van der Waals surface area contributed by atoms with E-state index in [1.807, 2.05) is 13.0 Å². The van der Waals surface area contributed by atoms with Gasteiger partial charge in [-0.2, -0.15) is 4.31 Å². The zero-order chi connectivity index (χ0) is 15.5. The molecule has 1 fully saturated rings. The lowest BCUT2D eigenvalue weighted by atomic mass is 9.98. The van der Waals surface area contributed by atoms with E-state index in [1.165, 1.54) is 0 Å². The Morgan fingerprint density at radius 2 is 1.91 bits per heavy atom. The predicted octanol–water partition coefficient (Wildman–Crippen LogP) is 3.19. The van der Waals surface area contributed by atoms with Crippen molar-refractivity contribution in [2.45, 2.75) is 31.6 Å². The van der Waals surface area contributed by atoms with E-state index in [1.54, 1.807) is 16.4 Å². The van der Waals surface area contributed by atoms with Gasteiger partial charge in [0.1, 0.15) is 0 Å². The van der Waals surface area contributed by atoms with Crippen molar-refractivity contribution in [2.75, 3.05) is 26.2 Å². The molecule has 0 aromatic heterocycles. The molecule has 0 amide bonds. The Hall–Kier alpha value is -0.140. The van der Waals surface area contributed by atoms with Crippen LogP contribution in [-0.4, -0.2) is 38.9 Å². The van der Waals surface area contributed by atoms with Crippen molar-refractivity contribution in [3.63, 3.8) is 0 Å². The maximum Gasteiger partial charge on any atom is 0.243 e. The van der Waals surface area contributed by atoms with E-state index in [0.29, 0.717) is 23.9 Å². The number of hydrogen-bond acceptors (Lipinski definition) is 3. The second kappa shape index (κ2) is 8.64. The molecule has 0 bridgehead atoms. The maximum atomic E-state index is 12.7. The zero-order valence-corrected chi connectivity index (χ0v) is 16.2. The minimum Gasteiger partial charge on any atom is -0.317 e. The SMILES string of the molecule is CCNCC1CCN(S(=O)(=O)c2cc(C)cc(Br)c2)CC1.Cl. The Morgan fingerprint density at radius 1 is 1.27 bits per heavy atom. The normalized spacial score (nSPS) is 17.2. The third kappa shape index (κ3) is 4.93. The Kier molecular flexibility index (Phi) is 7.82. The van der Waals surface area contributed by atoms with Crippen LogP contribution in [0.25, 0.3) is 0 Å². The minimum absolute atomic E-state index is 0.